The average Bonchev–Trinajstić information content (AvgIpc) is 2.52. The number of aryl methyl sites for hydroxylation is 1. The van der Waals surface area contributed by atoms with Crippen molar-refractivity contribution in [3.05, 3.63) is 61.9 Å². The minimum absolute atomic E-state index is 0.0346. The van der Waals surface area contributed by atoms with Gasteiger partial charge >= 0.3 is 12.2 Å². The van der Waals surface area contributed by atoms with Crippen LogP contribution >= 0.6 is 11.6 Å². The largest absolute Gasteiger partial charge is 0.418 e. The van der Waals surface area contributed by atoms with Gasteiger partial charge in [-0.2, -0.15) is 13.2 Å². The van der Waals surface area contributed by atoms with Crippen LogP contribution < -0.4 is 10.6 Å². The van der Waals surface area contributed by atoms with E-state index in [4.69, 9.17) is 11.6 Å². The molecule has 2 aromatic rings. The third-order valence-corrected chi connectivity index (χ3v) is 3.94. The Morgan fingerprint density at radius 2 is 1.82 bits per heavy atom. The van der Waals surface area contributed by atoms with Crippen molar-refractivity contribution in [3.63, 3.8) is 0 Å². The summed E-state index contributed by atoms with van der Waals surface area (Å²) in [6.45, 7) is 2.56. The fraction of sp³-hybridized carbons (Fsp3) is 0.188. The number of imide groups is 1. The van der Waals surface area contributed by atoms with E-state index in [1.165, 1.54) is 19.9 Å². The van der Waals surface area contributed by atoms with Gasteiger partial charge in [-0.05, 0) is 26.0 Å². The van der Waals surface area contributed by atoms with E-state index in [1.807, 2.05) is 5.32 Å². The maximum absolute atomic E-state index is 13.0. The molecule has 2 rings (SSSR count). The zero-order valence-electron chi connectivity index (χ0n) is 14.3. The molecule has 2 N–H and O–H groups in total. The van der Waals surface area contributed by atoms with E-state index in [1.54, 1.807) is 5.32 Å². The fourth-order valence-electron chi connectivity index (χ4n) is 2.49. The van der Waals surface area contributed by atoms with Crippen LogP contribution in [0.5, 0.6) is 0 Å². The Bertz CT molecular complexity index is 979. The molecule has 0 aliphatic heterocycles. The van der Waals surface area contributed by atoms with E-state index < -0.39 is 45.5 Å². The molecule has 0 unspecified atom stereocenters. The van der Waals surface area contributed by atoms with Crippen molar-refractivity contribution < 1.29 is 27.7 Å². The molecule has 12 heteroatoms. The van der Waals surface area contributed by atoms with Crippen molar-refractivity contribution in [2.24, 2.45) is 0 Å². The Balaban J connectivity index is 2.29. The molecule has 148 valence electrons. The van der Waals surface area contributed by atoms with Gasteiger partial charge in [0.05, 0.1) is 21.7 Å². The second kappa shape index (κ2) is 7.80. The Morgan fingerprint density at radius 1 is 1.21 bits per heavy atom. The van der Waals surface area contributed by atoms with E-state index in [0.717, 1.165) is 18.2 Å². The van der Waals surface area contributed by atoms with Gasteiger partial charge in [0.1, 0.15) is 10.8 Å². The average molecular weight is 417 g/mol. The lowest BCUT2D eigenvalue weighted by Crippen LogP contribution is -2.35. The zero-order chi connectivity index (χ0) is 21.2. The summed E-state index contributed by atoms with van der Waals surface area (Å²) >= 11 is 5.86. The molecule has 0 bridgehead atoms. The van der Waals surface area contributed by atoms with Crippen LogP contribution in [0, 0.1) is 24.0 Å². The fourth-order valence-corrected chi connectivity index (χ4v) is 2.85. The van der Waals surface area contributed by atoms with Gasteiger partial charge in [-0.3, -0.25) is 20.2 Å². The van der Waals surface area contributed by atoms with Crippen LogP contribution in [0.3, 0.4) is 0 Å². The number of anilines is 1. The first kappa shape index (κ1) is 21.1. The van der Waals surface area contributed by atoms with Gasteiger partial charge in [-0.15, -0.1) is 0 Å². The molecule has 8 nitrogen and oxygen atoms in total. The van der Waals surface area contributed by atoms with Gasteiger partial charge in [-0.1, -0.05) is 23.7 Å². The molecule has 0 atom stereocenters. The number of rotatable bonds is 3. The number of hydrogen-bond donors (Lipinski definition) is 2. The van der Waals surface area contributed by atoms with Crippen molar-refractivity contribution in [3.8, 4) is 0 Å². The van der Waals surface area contributed by atoms with Crippen molar-refractivity contribution >= 4 is 34.9 Å². The molecule has 28 heavy (non-hydrogen) atoms. The van der Waals surface area contributed by atoms with Gasteiger partial charge < -0.3 is 5.32 Å². The summed E-state index contributed by atoms with van der Waals surface area (Å²) in [4.78, 5) is 38.4. The third kappa shape index (κ3) is 4.36. The van der Waals surface area contributed by atoms with E-state index >= 15 is 0 Å². The third-order valence-electron chi connectivity index (χ3n) is 3.66. The molecular weight excluding hydrogens is 405 g/mol. The van der Waals surface area contributed by atoms with Crippen molar-refractivity contribution in [1.29, 1.82) is 0 Å². The van der Waals surface area contributed by atoms with E-state index in [2.05, 4.69) is 4.98 Å². The Hall–Kier alpha value is -3.21. The second-order valence-electron chi connectivity index (χ2n) is 5.55. The second-order valence-corrected chi connectivity index (χ2v) is 5.90. The van der Waals surface area contributed by atoms with Crippen LogP contribution in [0.15, 0.2) is 24.3 Å². The first-order chi connectivity index (χ1) is 12.9. The molecule has 1 aromatic carbocycles. The highest BCUT2D eigenvalue weighted by Gasteiger charge is 2.34. The number of carbonyl (C=O) groups is 2. The van der Waals surface area contributed by atoms with Gasteiger partial charge in [0.15, 0.2) is 0 Å². The summed E-state index contributed by atoms with van der Waals surface area (Å²) in [7, 11) is 0. The van der Waals surface area contributed by atoms with Crippen LogP contribution in [0.25, 0.3) is 0 Å². The summed E-state index contributed by atoms with van der Waals surface area (Å²) in [5.74, 6) is -1.15. The van der Waals surface area contributed by atoms with Crippen molar-refractivity contribution in [2.75, 3.05) is 5.32 Å². The number of benzene rings is 1. The van der Waals surface area contributed by atoms with Crippen molar-refractivity contribution in [2.45, 2.75) is 20.0 Å². The van der Waals surface area contributed by atoms with Gasteiger partial charge in [0, 0.05) is 5.56 Å². The first-order valence-electron chi connectivity index (χ1n) is 7.53. The SMILES string of the molecule is Cc1nc(Cl)c(C(=O)NC(=O)Nc2ccccc2C(F)(F)F)c(C)c1[N+](=O)[O-]. The zero-order valence-corrected chi connectivity index (χ0v) is 15.1. The first-order valence-corrected chi connectivity index (χ1v) is 7.91. The van der Waals surface area contributed by atoms with Crippen LogP contribution in [-0.4, -0.2) is 21.8 Å². The van der Waals surface area contributed by atoms with E-state index in [0.29, 0.717) is 0 Å². The minimum atomic E-state index is -4.73. The molecular formula is C16H12ClF3N4O4. The van der Waals surface area contributed by atoms with Gasteiger partial charge in [0.2, 0.25) is 0 Å². The Labute approximate surface area is 160 Å². The molecule has 0 aliphatic carbocycles. The molecule has 3 amide bonds. The molecule has 1 aromatic heterocycles. The van der Waals surface area contributed by atoms with Crippen LogP contribution in [0.1, 0.15) is 27.2 Å². The van der Waals surface area contributed by atoms with Gasteiger partial charge in [0.25, 0.3) is 11.6 Å². The smallest absolute Gasteiger partial charge is 0.307 e. The monoisotopic (exact) mass is 416 g/mol. The van der Waals surface area contributed by atoms with Crippen LogP contribution in [-0.2, 0) is 6.18 Å². The molecule has 0 aliphatic rings. The standard InChI is InChI=1S/C16H12ClF3N4O4/c1-7-11(13(17)21-8(2)12(7)24(27)28)14(25)23-15(26)22-10-6-4-3-5-9(10)16(18,19)20/h3-6H,1-2H3,(H2,22,23,25,26). The predicted molar refractivity (Wildman–Crippen MR) is 93.3 cm³/mol. The molecule has 0 fully saturated rings. The van der Waals surface area contributed by atoms with E-state index in [9.17, 15) is 32.9 Å². The summed E-state index contributed by atoms with van der Waals surface area (Å²) in [6, 6.07) is 2.88. The number of urea groups is 1. The molecule has 0 saturated heterocycles. The Kier molecular flexibility index (Phi) is 5.88. The summed E-state index contributed by atoms with van der Waals surface area (Å²) in [5, 5.41) is 14.4. The topological polar surface area (TPSA) is 114 Å². The maximum Gasteiger partial charge on any atom is 0.418 e. The lowest BCUT2D eigenvalue weighted by Gasteiger charge is -2.14. The number of pyridine rings is 1. The number of alkyl halides is 3. The number of carbonyl (C=O) groups excluding carboxylic acids is 2. The number of aromatic nitrogens is 1. The predicted octanol–water partition coefficient (Wildman–Crippen LogP) is 4.24. The van der Waals surface area contributed by atoms with Gasteiger partial charge in [-0.25, -0.2) is 9.78 Å². The number of halogens is 4. The maximum atomic E-state index is 13.0. The number of hydrogen-bond acceptors (Lipinski definition) is 5. The normalized spacial score (nSPS) is 11.1. The number of para-hydroxylation sites is 1. The van der Waals surface area contributed by atoms with Crippen LogP contribution in [0.2, 0.25) is 5.15 Å². The summed E-state index contributed by atoms with van der Waals surface area (Å²) in [5.41, 5.74) is -2.75. The van der Waals surface area contributed by atoms with Crippen molar-refractivity contribution in [1.82, 2.24) is 10.3 Å². The lowest BCUT2D eigenvalue weighted by molar-refractivity contribution is -0.386. The van der Waals surface area contributed by atoms with E-state index in [-0.39, 0.29) is 16.4 Å². The molecule has 0 saturated carbocycles. The number of amides is 3. The molecule has 0 spiro atoms. The molecule has 1 heterocycles. The lowest BCUT2D eigenvalue weighted by atomic mass is 10.1. The highest BCUT2D eigenvalue weighted by Crippen LogP contribution is 2.34. The number of nitrogens with zero attached hydrogens (tertiary/aromatic N) is 2. The number of nitrogens with one attached hydrogen (secondary N) is 2. The Morgan fingerprint density at radius 3 is 2.39 bits per heavy atom. The number of nitro groups is 1. The minimum Gasteiger partial charge on any atom is -0.307 e. The highest BCUT2D eigenvalue weighted by molar-refractivity contribution is 6.33. The molecule has 0 radical (unpaired) electrons. The summed E-state index contributed by atoms with van der Waals surface area (Å²) in [6.07, 6.45) is -4.73. The summed E-state index contributed by atoms with van der Waals surface area (Å²) < 4.78 is 38.9. The van der Waals surface area contributed by atoms with Crippen LogP contribution in [0.4, 0.5) is 29.3 Å². The quantitative estimate of drug-likeness (QED) is 0.441. The highest BCUT2D eigenvalue weighted by atomic mass is 35.5.